The van der Waals surface area contributed by atoms with Gasteiger partial charge in [0.25, 0.3) is 0 Å². The van der Waals surface area contributed by atoms with Gasteiger partial charge in [-0.05, 0) is 23.3 Å². The van der Waals surface area contributed by atoms with Crippen LogP contribution in [0.15, 0.2) is 54.6 Å². The lowest BCUT2D eigenvalue weighted by Crippen LogP contribution is -2.41. The largest absolute Gasteiger partial charge is 0.357 e. The molecule has 1 N–H and O–H groups in total. The molecular weight excluding hydrogens is 327 g/mol. The Balaban J connectivity index is 2.02. The van der Waals surface area contributed by atoms with Crippen LogP contribution >= 0.6 is 11.8 Å². The Kier molecular flexibility index (Phi) is 4.85. The standard InChI is InChI=1S/C18H17FN2O2S/c1-20-17(23)16(12-5-3-2-4-6-12)21-15(22)11-24-18(21)13-7-9-14(19)10-8-13/h2-10,16,18H,11H2,1H3,(H,20,23)/t16-,18-/m1/s1. The summed E-state index contributed by atoms with van der Waals surface area (Å²) >= 11 is 1.44. The Labute approximate surface area is 144 Å². The molecule has 4 nitrogen and oxygen atoms in total. The van der Waals surface area contributed by atoms with E-state index in [1.807, 2.05) is 30.3 Å². The fraction of sp³-hybridized carbons (Fsp3) is 0.222. The first kappa shape index (κ1) is 16.5. The molecule has 1 aliphatic rings. The summed E-state index contributed by atoms with van der Waals surface area (Å²) < 4.78 is 13.2. The number of rotatable bonds is 4. The minimum absolute atomic E-state index is 0.105. The van der Waals surface area contributed by atoms with Gasteiger partial charge in [0.2, 0.25) is 11.8 Å². The first-order valence-corrected chi connectivity index (χ1v) is 8.61. The number of amides is 2. The molecule has 1 fully saturated rings. The van der Waals surface area contributed by atoms with Crippen molar-refractivity contribution in [3.8, 4) is 0 Å². The van der Waals surface area contributed by atoms with E-state index in [0.717, 1.165) is 11.1 Å². The highest BCUT2D eigenvalue weighted by Gasteiger charge is 2.41. The third-order valence-corrected chi connectivity index (χ3v) is 5.18. The van der Waals surface area contributed by atoms with Crippen LogP contribution in [-0.4, -0.2) is 29.5 Å². The van der Waals surface area contributed by atoms with E-state index in [1.54, 1.807) is 24.1 Å². The number of carbonyl (C=O) groups is 2. The number of nitrogens with zero attached hydrogens (tertiary/aromatic N) is 1. The normalized spacial score (nSPS) is 18.5. The molecular formula is C18H17FN2O2S. The fourth-order valence-electron chi connectivity index (χ4n) is 2.81. The molecule has 24 heavy (non-hydrogen) atoms. The quantitative estimate of drug-likeness (QED) is 0.928. The maximum absolute atomic E-state index is 13.2. The molecule has 1 heterocycles. The Hall–Kier alpha value is -2.34. The number of thioether (sulfide) groups is 1. The van der Waals surface area contributed by atoms with Gasteiger partial charge in [-0.3, -0.25) is 9.59 Å². The van der Waals surface area contributed by atoms with E-state index in [4.69, 9.17) is 0 Å². The number of likely N-dealkylation sites (N-methyl/N-ethyl adjacent to an activating group) is 1. The van der Waals surface area contributed by atoms with Gasteiger partial charge in [-0.15, -0.1) is 11.8 Å². The second kappa shape index (κ2) is 7.05. The lowest BCUT2D eigenvalue weighted by molar-refractivity contribution is -0.138. The average molecular weight is 344 g/mol. The van der Waals surface area contributed by atoms with Gasteiger partial charge in [0.1, 0.15) is 17.2 Å². The van der Waals surface area contributed by atoms with Gasteiger partial charge >= 0.3 is 0 Å². The summed E-state index contributed by atoms with van der Waals surface area (Å²) in [4.78, 5) is 26.6. The molecule has 3 rings (SSSR count). The zero-order valence-electron chi connectivity index (χ0n) is 13.1. The van der Waals surface area contributed by atoms with Crippen LogP contribution < -0.4 is 5.32 Å². The topological polar surface area (TPSA) is 49.4 Å². The molecule has 0 aliphatic carbocycles. The number of halogens is 1. The second-order valence-electron chi connectivity index (χ2n) is 5.44. The van der Waals surface area contributed by atoms with Gasteiger partial charge in [-0.2, -0.15) is 0 Å². The van der Waals surface area contributed by atoms with Crippen molar-refractivity contribution in [3.05, 3.63) is 71.5 Å². The molecule has 6 heteroatoms. The van der Waals surface area contributed by atoms with E-state index >= 15 is 0 Å². The average Bonchev–Trinajstić information content (AvgIpc) is 2.98. The summed E-state index contributed by atoms with van der Waals surface area (Å²) in [6, 6.07) is 14.5. The van der Waals surface area contributed by atoms with E-state index in [9.17, 15) is 14.0 Å². The van der Waals surface area contributed by atoms with Crippen LogP contribution in [0.5, 0.6) is 0 Å². The molecule has 2 atom stereocenters. The Bertz CT molecular complexity index is 736. The molecule has 1 aliphatic heterocycles. The van der Waals surface area contributed by atoms with E-state index in [-0.39, 0.29) is 23.0 Å². The van der Waals surface area contributed by atoms with Crippen molar-refractivity contribution in [2.45, 2.75) is 11.4 Å². The smallest absolute Gasteiger partial charge is 0.247 e. The van der Waals surface area contributed by atoms with Crippen molar-refractivity contribution in [2.24, 2.45) is 0 Å². The highest BCUT2D eigenvalue weighted by Crippen LogP contribution is 2.43. The molecule has 0 bridgehead atoms. The van der Waals surface area contributed by atoms with Crippen molar-refractivity contribution in [1.82, 2.24) is 10.2 Å². The first-order chi connectivity index (χ1) is 11.6. The fourth-order valence-corrected chi connectivity index (χ4v) is 4.01. The SMILES string of the molecule is CNC(=O)[C@@H](c1ccccc1)N1C(=O)CS[C@@H]1c1ccc(F)cc1. The third-order valence-electron chi connectivity index (χ3n) is 3.95. The van der Waals surface area contributed by atoms with Gasteiger partial charge in [0, 0.05) is 7.05 Å². The lowest BCUT2D eigenvalue weighted by atomic mass is 10.0. The van der Waals surface area contributed by atoms with Crippen molar-refractivity contribution in [1.29, 1.82) is 0 Å². The van der Waals surface area contributed by atoms with Crippen LogP contribution in [0.2, 0.25) is 0 Å². The summed E-state index contributed by atoms with van der Waals surface area (Å²) in [5.41, 5.74) is 1.55. The number of carbonyl (C=O) groups excluding carboxylic acids is 2. The van der Waals surface area contributed by atoms with Crippen molar-refractivity contribution < 1.29 is 14.0 Å². The van der Waals surface area contributed by atoms with Crippen molar-refractivity contribution in [3.63, 3.8) is 0 Å². The number of benzene rings is 2. The van der Waals surface area contributed by atoms with Gasteiger partial charge in [-0.1, -0.05) is 42.5 Å². The van der Waals surface area contributed by atoms with Crippen molar-refractivity contribution in [2.75, 3.05) is 12.8 Å². The van der Waals surface area contributed by atoms with E-state index in [2.05, 4.69) is 5.32 Å². The van der Waals surface area contributed by atoms with Crippen LogP contribution in [0, 0.1) is 5.82 Å². The zero-order chi connectivity index (χ0) is 17.1. The molecule has 0 saturated carbocycles. The van der Waals surface area contributed by atoms with Gasteiger partial charge in [-0.25, -0.2) is 4.39 Å². The maximum Gasteiger partial charge on any atom is 0.247 e. The van der Waals surface area contributed by atoms with E-state index in [0.29, 0.717) is 5.75 Å². The lowest BCUT2D eigenvalue weighted by Gasteiger charge is -2.32. The van der Waals surface area contributed by atoms with E-state index in [1.165, 1.54) is 23.9 Å². The molecule has 2 amide bonds. The van der Waals surface area contributed by atoms with Gasteiger partial charge in [0.15, 0.2) is 0 Å². The summed E-state index contributed by atoms with van der Waals surface area (Å²) in [6.45, 7) is 0. The monoisotopic (exact) mass is 344 g/mol. The van der Waals surface area contributed by atoms with Gasteiger partial charge < -0.3 is 10.2 Å². The predicted molar refractivity (Wildman–Crippen MR) is 91.7 cm³/mol. The summed E-state index contributed by atoms with van der Waals surface area (Å²) in [5.74, 6) is -0.385. The zero-order valence-corrected chi connectivity index (χ0v) is 13.9. The summed E-state index contributed by atoms with van der Waals surface area (Å²) in [7, 11) is 1.55. The molecule has 0 spiro atoms. The molecule has 2 aromatic rings. The van der Waals surface area contributed by atoms with Crippen LogP contribution in [0.3, 0.4) is 0 Å². The van der Waals surface area contributed by atoms with E-state index < -0.39 is 6.04 Å². The minimum Gasteiger partial charge on any atom is -0.357 e. The molecule has 124 valence electrons. The Morgan fingerprint density at radius 2 is 1.88 bits per heavy atom. The van der Waals surface area contributed by atoms with Crippen LogP contribution in [0.1, 0.15) is 22.5 Å². The molecule has 0 unspecified atom stereocenters. The summed E-state index contributed by atoms with van der Waals surface area (Å²) in [6.07, 6.45) is 0. The molecule has 1 saturated heterocycles. The molecule has 2 aromatic carbocycles. The summed E-state index contributed by atoms with van der Waals surface area (Å²) in [5, 5.41) is 2.32. The first-order valence-electron chi connectivity index (χ1n) is 7.56. The molecule has 0 radical (unpaired) electrons. The number of nitrogens with one attached hydrogen (secondary N) is 1. The van der Waals surface area contributed by atoms with Crippen LogP contribution in [0.4, 0.5) is 4.39 Å². The second-order valence-corrected chi connectivity index (χ2v) is 6.51. The predicted octanol–water partition coefficient (Wildman–Crippen LogP) is 2.89. The van der Waals surface area contributed by atoms with Crippen LogP contribution in [0.25, 0.3) is 0 Å². The number of hydrogen-bond acceptors (Lipinski definition) is 3. The number of hydrogen-bond donors (Lipinski definition) is 1. The third kappa shape index (κ3) is 3.14. The minimum atomic E-state index is -0.714. The van der Waals surface area contributed by atoms with Crippen LogP contribution in [-0.2, 0) is 9.59 Å². The Morgan fingerprint density at radius 1 is 1.21 bits per heavy atom. The highest BCUT2D eigenvalue weighted by molar-refractivity contribution is 8.00. The van der Waals surface area contributed by atoms with Gasteiger partial charge in [0.05, 0.1) is 5.75 Å². The van der Waals surface area contributed by atoms with Crippen molar-refractivity contribution >= 4 is 23.6 Å². The Morgan fingerprint density at radius 3 is 2.50 bits per heavy atom. The highest BCUT2D eigenvalue weighted by atomic mass is 32.2. The maximum atomic E-state index is 13.2. The molecule has 0 aromatic heterocycles.